The van der Waals surface area contributed by atoms with Gasteiger partial charge in [0.25, 0.3) is 0 Å². The van der Waals surface area contributed by atoms with Crippen molar-refractivity contribution < 1.29 is 0 Å². The van der Waals surface area contributed by atoms with Gasteiger partial charge in [0.05, 0.1) is 6.04 Å². The summed E-state index contributed by atoms with van der Waals surface area (Å²) in [5.41, 5.74) is 5.73. The van der Waals surface area contributed by atoms with Crippen molar-refractivity contribution in [1.29, 1.82) is 0 Å². The molecule has 1 aromatic rings. The third-order valence-electron chi connectivity index (χ3n) is 2.06. The van der Waals surface area contributed by atoms with Crippen molar-refractivity contribution in [2.24, 2.45) is 5.73 Å². The average molecular weight is 322 g/mol. The number of hydrogen-bond donors (Lipinski definition) is 2. The highest BCUT2D eigenvalue weighted by molar-refractivity contribution is 9.10. The molecule has 16 heavy (non-hydrogen) atoms. The molecule has 1 rings (SSSR count). The summed E-state index contributed by atoms with van der Waals surface area (Å²) < 4.78 is 1.70. The minimum Gasteiger partial charge on any atom is -0.329 e. The first-order chi connectivity index (χ1) is 7.69. The van der Waals surface area contributed by atoms with Gasteiger partial charge in [-0.2, -0.15) is 0 Å². The lowest BCUT2D eigenvalue weighted by molar-refractivity contribution is 0.558. The van der Waals surface area contributed by atoms with Crippen LogP contribution in [0.1, 0.15) is 24.3 Å². The van der Waals surface area contributed by atoms with Crippen LogP contribution in [0.15, 0.2) is 10.5 Å². The number of rotatable bonds is 5. The largest absolute Gasteiger partial charge is 0.329 e. The van der Waals surface area contributed by atoms with Gasteiger partial charge in [0.2, 0.25) is 0 Å². The van der Waals surface area contributed by atoms with E-state index in [2.05, 4.69) is 33.1 Å². The monoisotopic (exact) mass is 320 g/mol. The summed E-state index contributed by atoms with van der Waals surface area (Å²) >= 11 is 10.9. The van der Waals surface area contributed by atoms with Gasteiger partial charge in [-0.3, -0.25) is 0 Å². The Morgan fingerprint density at radius 2 is 2.44 bits per heavy atom. The first-order valence-corrected chi connectivity index (χ1v) is 6.95. The van der Waals surface area contributed by atoms with Crippen LogP contribution in [0.25, 0.3) is 0 Å². The third-order valence-corrected chi connectivity index (χ3v) is 4.65. The van der Waals surface area contributed by atoms with Gasteiger partial charge < -0.3 is 11.1 Å². The van der Waals surface area contributed by atoms with E-state index in [-0.39, 0.29) is 6.04 Å². The maximum atomic E-state index is 5.99. The van der Waals surface area contributed by atoms with E-state index >= 15 is 0 Å². The number of halogens is 2. The van der Waals surface area contributed by atoms with E-state index in [1.165, 1.54) is 0 Å². The van der Waals surface area contributed by atoms with E-state index in [9.17, 15) is 0 Å². The molecular weight excluding hydrogens is 308 g/mol. The molecule has 0 aliphatic heterocycles. The van der Waals surface area contributed by atoms with E-state index in [4.69, 9.17) is 17.3 Å². The summed E-state index contributed by atoms with van der Waals surface area (Å²) in [6.07, 6.45) is 0.841. The summed E-state index contributed by atoms with van der Waals surface area (Å²) in [6, 6.07) is 2.18. The molecule has 0 saturated carbocycles. The minimum absolute atomic E-state index is 0.160. The van der Waals surface area contributed by atoms with Gasteiger partial charge in [-0.05, 0) is 28.9 Å². The molecule has 0 bridgehead atoms. The first kappa shape index (κ1) is 14.0. The van der Waals surface area contributed by atoms with E-state index < -0.39 is 0 Å². The van der Waals surface area contributed by atoms with E-state index in [1.807, 2.05) is 13.0 Å². The van der Waals surface area contributed by atoms with Crippen molar-refractivity contribution in [2.75, 3.05) is 13.1 Å². The average Bonchev–Trinajstić information content (AvgIpc) is 2.59. The molecule has 1 aromatic heterocycles. The summed E-state index contributed by atoms with van der Waals surface area (Å²) in [5.74, 6) is 5.88. The summed E-state index contributed by atoms with van der Waals surface area (Å²) in [6.45, 7) is 3.25. The standard InChI is InChI=1S/C11H14BrClN2S/c1-2-3-4-5-15-9(7-14)10-6-8(12)11(13)16-10/h6,9,15H,4-5,7,14H2,1H3. The quantitative estimate of drug-likeness (QED) is 0.646. The fourth-order valence-electron chi connectivity index (χ4n) is 1.27. The molecule has 2 nitrogen and oxygen atoms in total. The summed E-state index contributed by atoms with van der Waals surface area (Å²) in [4.78, 5) is 1.16. The van der Waals surface area contributed by atoms with Gasteiger partial charge in [0.1, 0.15) is 4.34 Å². The van der Waals surface area contributed by atoms with Gasteiger partial charge in [-0.25, -0.2) is 0 Å². The second-order valence-corrected chi connectivity index (χ2v) is 5.73. The Bertz CT molecular complexity index is 375. The Balaban J connectivity index is 2.55. The molecule has 1 heterocycles. The molecular formula is C11H14BrClN2S. The summed E-state index contributed by atoms with van der Waals surface area (Å²) in [5, 5.41) is 3.36. The lowest BCUT2D eigenvalue weighted by Gasteiger charge is -2.13. The lowest BCUT2D eigenvalue weighted by atomic mass is 10.2. The Kier molecular flexibility index (Phi) is 6.40. The first-order valence-electron chi connectivity index (χ1n) is 4.96. The number of nitrogens with one attached hydrogen (secondary N) is 1. The predicted octanol–water partition coefficient (Wildman–Crippen LogP) is 3.17. The van der Waals surface area contributed by atoms with Crippen LogP contribution in [-0.2, 0) is 0 Å². The lowest BCUT2D eigenvalue weighted by Crippen LogP contribution is -2.28. The molecule has 88 valence electrons. The van der Waals surface area contributed by atoms with Crippen LogP contribution in [0.3, 0.4) is 0 Å². The van der Waals surface area contributed by atoms with Crippen LogP contribution >= 0.6 is 38.9 Å². The van der Waals surface area contributed by atoms with Crippen LogP contribution < -0.4 is 11.1 Å². The van der Waals surface area contributed by atoms with E-state index in [0.717, 1.165) is 26.7 Å². The van der Waals surface area contributed by atoms with Crippen molar-refractivity contribution in [2.45, 2.75) is 19.4 Å². The molecule has 0 saturated heterocycles. The molecule has 1 unspecified atom stereocenters. The van der Waals surface area contributed by atoms with Crippen LogP contribution in [0, 0.1) is 11.8 Å². The Morgan fingerprint density at radius 3 is 2.94 bits per heavy atom. The highest BCUT2D eigenvalue weighted by Crippen LogP contribution is 2.34. The van der Waals surface area contributed by atoms with Crippen molar-refractivity contribution in [3.05, 3.63) is 19.8 Å². The number of nitrogens with two attached hydrogens (primary N) is 1. The highest BCUT2D eigenvalue weighted by atomic mass is 79.9. The van der Waals surface area contributed by atoms with Crippen molar-refractivity contribution >= 4 is 38.9 Å². The molecule has 0 aliphatic rings. The zero-order chi connectivity index (χ0) is 12.0. The SMILES string of the molecule is CC#CCCNC(CN)c1cc(Br)c(Cl)s1. The molecule has 0 fully saturated rings. The molecule has 0 aliphatic carbocycles. The Labute approximate surface area is 114 Å². The van der Waals surface area contributed by atoms with Gasteiger partial charge in [0, 0.05) is 28.9 Å². The fraction of sp³-hybridized carbons (Fsp3) is 0.455. The normalized spacial score (nSPS) is 12.0. The molecule has 0 aromatic carbocycles. The zero-order valence-corrected chi connectivity index (χ0v) is 12.2. The van der Waals surface area contributed by atoms with Crippen LogP contribution in [0.2, 0.25) is 4.34 Å². The van der Waals surface area contributed by atoms with Crippen molar-refractivity contribution in [1.82, 2.24) is 5.32 Å². The van der Waals surface area contributed by atoms with Crippen LogP contribution in [-0.4, -0.2) is 13.1 Å². The minimum atomic E-state index is 0.160. The number of hydrogen-bond acceptors (Lipinski definition) is 3. The molecule has 3 N–H and O–H groups in total. The van der Waals surface area contributed by atoms with E-state index in [1.54, 1.807) is 11.3 Å². The maximum Gasteiger partial charge on any atom is 0.107 e. The van der Waals surface area contributed by atoms with Gasteiger partial charge >= 0.3 is 0 Å². The molecule has 0 radical (unpaired) electrons. The van der Waals surface area contributed by atoms with Gasteiger partial charge in [-0.15, -0.1) is 23.2 Å². The van der Waals surface area contributed by atoms with Gasteiger partial charge in [0.15, 0.2) is 0 Å². The van der Waals surface area contributed by atoms with Crippen molar-refractivity contribution in [3.8, 4) is 11.8 Å². The van der Waals surface area contributed by atoms with Crippen LogP contribution in [0.4, 0.5) is 0 Å². The zero-order valence-electron chi connectivity index (χ0n) is 9.02. The molecule has 0 spiro atoms. The Hall–Kier alpha value is -0.0500. The summed E-state index contributed by atoms with van der Waals surface area (Å²) in [7, 11) is 0. The fourth-order valence-corrected chi connectivity index (χ4v) is 3.09. The molecule has 0 amide bonds. The predicted molar refractivity (Wildman–Crippen MR) is 74.9 cm³/mol. The van der Waals surface area contributed by atoms with Gasteiger partial charge in [-0.1, -0.05) is 11.6 Å². The third kappa shape index (κ3) is 4.08. The Morgan fingerprint density at radius 1 is 1.69 bits per heavy atom. The van der Waals surface area contributed by atoms with Crippen molar-refractivity contribution in [3.63, 3.8) is 0 Å². The maximum absolute atomic E-state index is 5.99. The second kappa shape index (κ2) is 7.31. The second-order valence-electron chi connectivity index (χ2n) is 3.19. The topological polar surface area (TPSA) is 38.0 Å². The number of thiophene rings is 1. The molecule has 1 atom stereocenters. The van der Waals surface area contributed by atoms with Crippen LogP contribution in [0.5, 0.6) is 0 Å². The molecule has 5 heteroatoms. The highest BCUT2D eigenvalue weighted by Gasteiger charge is 2.13. The van der Waals surface area contributed by atoms with E-state index in [0.29, 0.717) is 6.54 Å². The smallest absolute Gasteiger partial charge is 0.107 e.